The fourth-order valence-electron chi connectivity index (χ4n) is 3.79. The molecule has 3 heterocycles. The molecule has 1 amide bonds. The van der Waals surface area contributed by atoms with E-state index in [2.05, 4.69) is 15.2 Å². The minimum atomic E-state index is -0.888. The smallest absolute Gasteiger partial charge is 0.407 e. The number of methoxy groups -OCH3 is 1. The lowest BCUT2D eigenvalue weighted by atomic mass is 10.1. The molecule has 3 aromatic rings. The Balaban J connectivity index is 1.54. The predicted molar refractivity (Wildman–Crippen MR) is 125 cm³/mol. The van der Waals surface area contributed by atoms with E-state index in [9.17, 15) is 9.59 Å². The molecular weight excluding hydrogens is 422 g/mol. The molecule has 1 fully saturated rings. The third kappa shape index (κ3) is 4.87. The predicted octanol–water partition coefficient (Wildman–Crippen LogP) is 3.78. The summed E-state index contributed by atoms with van der Waals surface area (Å²) in [7, 11) is 1.36. The number of pyridine rings is 2. The fraction of sp³-hybridized carbons (Fsp3) is 0.250. The van der Waals surface area contributed by atoms with Crippen molar-refractivity contribution in [3.05, 3.63) is 65.9 Å². The van der Waals surface area contributed by atoms with Gasteiger partial charge in [0, 0.05) is 43.6 Å². The van der Waals surface area contributed by atoms with Gasteiger partial charge in [-0.1, -0.05) is 12.1 Å². The van der Waals surface area contributed by atoms with Crippen LogP contribution in [0.15, 0.2) is 54.7 Å². The second-order valence-corrected chi connectivity index (χ2v) is 7.66. The first kappa shape index (κ1) is 22.1. The number of anilines is 3. The molecule has 9 heteroatoms. The maximum atomic E-state index is 12.0. The van der Waals surface area contributed by atoms with Gasteiger partial charge in [0.15, 0.2) is 0 Å². The van der Waals surface area contributed by atoms with Gasteiger partial charge in [0.25, 0.3) is 0 Å². The van der Waals surface area contributed by atoms with Gasteiger partial charge in [-0.05, 0) is 48.9 Å². The summed E-state index contributed by atoms with van der Waals surface area (Å²) < 4.78 is 4.85. The number of hydrogen-bond acceptors (Lipinski definition) is 7. The Labute approximate surface area is 191 Å². The standard InChI is InChI=1S/C24H25N5O4/c1-16-18(23(30)33-2)5-3-6-19(16)26-21-15-17(9-10-25-21)20-7-4-8-22(27-20)28-11-13-29(14-12-28)24(31)32/h3-10,15H,11-14H2,1-2H3,(H,25,26)(H,31,32). The van der Waals surface area contributed by atoms with Gasteiger partial charge in [0.05, 0.1) is 18.4 Å². The number of carbonyl (C=O) groups is 2. The van der Waals surface area contributed by atoms with Crippen LogP contribution < -0.4 is 10.2 Å². The number of hydrogen-bond donors (Lipinski definition) is 2. The highest BCUT2D eigenvalue weighted by Gasteiger charge is 2.21. The van der Waals surface area contributed by atoms with Crippen LogP contribution in [0.2, 0.25) is 0 Å². The van der Waals surface area contributed by atoms with Crippen LogP contribution in [0.5, 0.6) is 0 Å². The van der Waals surface area contributed by atoms with Crippen LogP contribution >= 0.6 is 0 Å². The van der Waals surface area contributed by atoms with Crippen molar-refractivity contribution in [2.45, 2.75) is 6.92 Å². The van der Waals surface area contributed by atoms with E-state index in [1.807, 2.05) is 43.3 Å². The highest BCUT2D eigenvalue weighted by atomic mass is 16.5. The summed E-state index contributed by atoms with van der Waals surface area (Å²) in [5, 5.41) is 12.4. The van der Waals surface area contributed by atoms with Crippen LogP contribution in [0.3, 0.4) is 0 Å². The third-order valence-corrected chi connectivity index (χ3v) is 5.67. The Morgan fingerprint density at radius 2 is 1.82 bits per heavy atom. The summed E-state index contributed by atoms with van der Waals surface area (Å²) in [6.45, 7) is 3.96. The maximum Gasteiger partial charge on any atom is 0.407 e. The summed E-state index contributed by atoms with van der Waals surface area (Å²) in [5.74, 6) is 1.05. The van der Waals surface area contributed by atoms with Crippen molar-refractivity contribution in [1.29, 1.82) is 0 Å². The lowest BCUT2D eigenvalue weighted by Crippen LogP contribution is -2.48. The fourth-order valence-corrected chi connectivity index (χ4v) is 3.79. The molecule has 0 radical (unpaired) electrons. The molecule has 0 unspecified atom stereocenters. The van der Waals surface area contributed by atoms with Crippen molar-refractivity contribution < 1.29 is 19.4 Å². The van der Waals surface area contributed by atoms with Gasteiger partial charge in [-0.15, -0.1) is 0 Å². The van der Waals surface area contributed by atoms with Crippen LogP contribution in [-0.2, 0) is 4.74 Å². The quantitative estimate of drug-likeness (QED) is 0.569. The van der Waals surface area contributed by atoms with E-state index in [0.717, 1.165) is 28.3 Å². The number of ether oxygens (including phenoxy) is 1. The number of nitrogens with zero attached hydrogens (tertiary/aromatic N) is 4. The number of piperazine rings is 1. The first-order valence-electron chi connectivity index (χ1n) is 10.6. The minimum Gasteiger partial charge on any atom is -0.465 e. The molecule has 0 aliphatic carbocycles. The number of carboxylic acid groups (broad SMARTS) is 1. The normalized spacial score (nSPS) is 13.5. The van der Waals surface area contributed by atoms with Crippen LogP contribution in [0.25, 0.3) is 11.3 Å². The van der Waals surface area contributed by atoms with E-state index in [-0.39, 0.29) is 5.97 Å². The molecular formula is C24H25N5O4. The zero-order valence-electron chi connectivity index (χ0n) is 18.5. The molecule has 1 aliphatic heterocycles. The highest BCUT2D eigenvalue weighted by molar-refractivity contribution is 5.93. The minimum absolute atomic E-state index is 0.386. The lowest BCUT2D eigenvalue weighted by Gasteiger charge is -2.34. The zero-order valence-corrected chi connectivity index (χ0v) is 18.5. The van der Waals surface area contributed by atoms with Gasteiger partial charge < -0.3 is 25.0 Å². The van der Waals surface area contributed by atoms with Gasteiger partial charge >= 0.3 is 12.1 Å². The topological polar surface area (TPSA) is 108 Å². The van der Waals surface area contributed by atoms with Crippen molar-refractivity contribution in [2.24, 2.45) is 0 Å². The van der Waals surface area contributed by atoms with E-state index in [1.165, 1.54) is 12.0 Å². The molecule has 0 bridgehead atoms. The number of benzene rings is 1. The Bertz CT molecular complexity index is 1180. The first-order chi connectivity index (χ1) is 16.0. The molecule has 1 saturated heterocycles. The van der Waals surface area contributed by atoms with Crippen LogP contribution in [0.4, 0.5) is 22.1 Å². The van der Waals surface area contributed by atoms with Gasteiger partial charge in [-0.2, -0.15) is 0 Å². The Morgan fingerprint density at radius 1 is 1.06 bits per heavy atom. The molecule has 2 N–H and O–H groups in total. The molecule has 1 aromatic carbocycles. The molecule has 170 valence electrons. The summed E-state index contributed by atoms with van der Waals surface area (Å²) in [5.41, 5.74) is 3.72. The highest BCUT2D eigenvalue weighted by Crippen LogP contribution is 2.26. The largest absolute Gasteiger partial charge is 0.465 e. The number of rotatable bonds is 5. The SMILES string of the molecule is COC(=O)c1cccc(Nc2cc(-c3cccc(N4CCN(C(=O)O)CC4)n3)ccn2)c1C. The Kier molecular flexibility index (Phi) is 6.39. The van der Waals surface area contributed by atoms with E-state index < -0.39 is 6.09 Å². The second kappa shape index (κ2) is 9.56. The molecule has 0 spiro atoms. The second-order valence-electron chi connectivity index (χ2n) is 7.66. The average Bonchev–Trinajstić information content (AvgIpc) is 2.85. The number of carbonyl (C=O) groups excluding carboxylic acids is 1. The van der Waals surface area contributed by atoms with Crippen molar-refractivity contribution in [1.82, 2.24) is 14.9 Å². The van der Waals surface area contributed by atoms with Gasteiger partial charge in [-0.25, -0.2) is 19.6 Å². The van der Waals surface area contributed by atoms with E-state index in [1.54, 1.807) is 18.3 Å². The number of aromatic nitrogens is 2. The molecule has 2 aromatic heterocycles. The third-order valence-electron chi connectivity index (χ3n) is 5.67. The molecule has 0 saturated carbocycles. The van der Waals surface area contributed by atoms with Crippen LogP contribution in [-0.4, -0.2) is 65.3 Å². The van der Waals surface area contributed by atoms with Gasteiger partial charge in [0.1, 0.15) is 11.6 Å². The van der Waals surface area contributed by atoms with Crippen molar-refractivity contribution >= 4 is 29.4 Å². The summed E-state index contributed by atoms with van der Waals surface area (Å²) in [6, 6.07) is 15.0. The van der Waals surface area contributed by atoms with Gasteiger partial charge in [-0.3, -0.25) is 0 Å². The number of esters is 1. The van der Waals surface area contributed by atoms with Crippen LogP contribution in [0.1, 0.15) is 15.9 Å². The molecule has 4 rings (SSSR count). The van der Waals surface area contributed by atoms with E-state index in [4.69, 9.17) is 14.8 Å². The average molecular weight is 447 g/mol. The van der Waals surface area contributed by atoms with E-state index in [0.29, 0.717) is 37.6 Å². The summed E-state index contributed by atoms with van der Waals surface area (Å²) in [4.78, 5) is 35.8. The molecule has 1 aliphatic rings. The first-order valence-corrected chi connectivity index (χ1v) is 10.6. The zero-order chi connectivity index (χ0) is 23.4. The summed E-state index contributed by atoms with van der Waals surface area (Å²) in [6.07, 6.45) is 0.817. The number of nitrogens with one attached hydrogen (secondary N) is 1. The molecule has 9 nitrogen and oxygen atoms in total. The van der Waals surface area contributed by atoms with Crippen molar-refractivity contribution in [3.63, 3.8) is 0 Å². The molecule has 33 heavy (non-hydrogen) atoms. The van der Waals surface area contributed by atoms with Crippen molar-refractivity contribution in [2.75, 3.05) is 43.5 Å². The monoisotopic (exact) mass is 447 g/mol. The Hall–Kier alpha value is -4.14. The summed E-state index contributed by atoms with van der Waals surface area (Å²) >= 11 is 0. The van der Waals surface area contributed by atoms with Crippen LogP contribution in [0, 0.1) is 6.92 Å². The lowest BCUT2D eigenvalue weighted by molar-refractivity contribution is 0.0600. The Morgan fingerprint density at radius 3 is 2.55 bits per heavy atom. The molecule has 0 atom stereocenters. The van der Waals surface area contributed by atoms with E-state index >= 15 is 0 Å². The van der Waals surface area contributed by atoms with Crippen molar-refractivity contribution in [3.8, 4) is 11.3 Å². The van der Waals surface area contributed by atoms with Gasteiger partial charge in [0.2, 0.25) is 0 Å². The number of amides is 1. The maximum absolute atomic E-state index is 12.0.